The Hall–Kier alpha value is -4.58. The van der Waals surface area contributed by atoms with Gasteiger partial charge in [-0.2, -0.15) is 0 Å². The molecule has 1 aliphatic heterocycles. The van der Waals surface area contributed by atoms with Gasteiger partial charge in [-0.15, -0.1) is 0 Å². The number of nitrogens with one attached hydrogen (secondary N) is 1. The molecular formula is C45H61NO16. The molecule has 4 N–H and O–H groups in total. The zero-order valence-electron chi connectivity index (χ0n) is 36.9. The molecule has 1 aromatic carbocycles. The molecule has 4 aliphatic carbocycles. The zero-order valence-corrected chi connectivity index (χ0v) is 36.9. The Bertz CT molecular complexity index is 1950. The van der Waals surface area contributed by atoms with E-state index in [1.165, 1.54) is 26.0 Å². The van der Waals surface area contributed by atoms with Crippen LogP contribution in [0.25, 0.3) is 0 Å². The summed E-state index contributed by atoms with van der Waals surface area (Å²) in [5.41, 5.74) is -8.79. The fraction of sp³-hybridized carbons (Fsp3) is 0.689. The van der Waals surface area contributed by atoms with Gasteiger partial charge in [-0.05, 0) is 68.2 Å². The number of fused-ring (bicyclic) bond motifs is 5. The van der Waals surface area contributed by atoms with E-state index >= 15 is 4.79 Å². The molecule has 17 heteroatoms. The first-order valence-electron chi connectivity index (χ1n) is 21.3. The fourth-order valence-electron chi connectivity index (χ4n) is 10.6. The minimum atomic E-state index is -2.41. The average Bonchev–Trinajstić information content (AvgIpc) is 3.20. The van der Waals surface area contributed by atoms with Crippen molar-refractivity contribution in [1.82, 2.24) is 5.32 Å². The lowest BCUT2D eigenvalue weighted by Crippen LogP contribution is -2.82. The van der Waals surface area contributed by atoms with E-state index in [0.29, 0.717) is 12.8 Å². The molecule has 3 saturated carbocycles. The maximum absolute atomic E-state index is 15.5. The number of ketones is 1. The highest BCUT2D eigenvalue weighted by molar-refractivity contribution is 5.95. The lowest BCUT2D eigenvalue weighted by Gasteiger charge is -2.67. The lowest BCUT2D eigenvalue weighted by atomic mass is 9.44. The van der Waals surface area contributed by atoms with E-state index in [9.17, 15) is 39.3 Å². The first kappa shape index (κ1) is 46.9. The number of hydrogen-bond donors (Lipinski definition) is 4. The Morgan fingerprint density at radius 2 is 1.60 bits per heavy atom. The van der Waals surface area contributed by atoms with E-state index in [4.69, 9.17) is 33.2 Å². The van der Waals surface area contributed by atoms with Crippen LogP contribution in [0.5, 0.6) is 0 Å². The summed E-state index contributed by atoms with van der Waals surface area (Å²) < 4.78 is 40.7. The number of esters is 3. The Balaban J connectivity index is 1.50. The Labute approximate surface area is 361 Å². The number of aliphatic hydroxyl groups excluding tert-OH is 2. The largest absolute Gasteiger partial charge is 0.508 e. The van der Waals surface area contributed by atoms with Gasteiger partial charge in [-0.3, -0.25) is 9.59 Å². The Kier molecular flexibility index (Phi) is 13.0. The van der Waals surface area contributed by atoms with Gasteiger partial charge in [-0.1, -0.05) is 59.2 Å². The molecule has 1 unspecified atom stereocenters. The van der Waals surface area contributed by atoms with Crippen LogP contribution in [-0.4, -0.2) is 125 Å². The molecule has 0 radical (unpaired) electrons. The zero-order chi connectivity index (χ0) is 45.7. The monoisotopic (exact) mass is 871 g/mol. The molecular weight excluding hydrogens is 810 g/mol. The van der Waals surface area contributed by atoms with Crippen LogP contribution in [0.3, 0.4) is 0 Å². The third-order valence-electron chi connectivity index (χ3n) is 14.1. The van der Waals surface area contributed by atoms with E-state index < -0.39 is 118 Å². The number of rotatable bonds is 9. The molecule has 1 aromatic rings. The van der Waals surface area contributed by atoms with Crippen LogP contribution in [0.1, 0.15) is 111 Å². The van der Waals surface area contributed by atoms with Crippen molar-refractivity contribution in [2.24, 2.45) is 22.2 Å². The summed E-state index contributed by atoms with van der Waals surface area (Å²) in [6, 6.07) is 6.56. The van der Waals surface area contributed by atoms with E-state index in [1.807, 2.05) is 0 Å². The third kappa shape index (κ3) is 8.09. The number of hydrogen-bond acceptors (Lipinski definition) is 16. The van der Waals surface area contributed by atoms with Gasteiger partial charge in [0.1, 0.15) is 30.0 Å². The Morgan fingerprint density at radius 3 is 2.16 bits per heavy atom. The minimum absolute atomic E-state index is 0.0112. The van der Waals surface area contributed by atoms with Crippen molar-refractivity contribution in [3.63, 3.8) is 0 Å². The van der Waals surface area contributed by atoms with Crippen molar-refractivity contribution in [3.8, 4) is 0 Å². The van der Waals surface area contributed by atoms with Gasteiger partial charge >= 0.3 is 30.2 Å². The molecule has 11 atom stereocenters. The van der Waals surface area contributed by atoms with Crippen LogP contribution in [0, 0.1) is 22.2 Å². The van der Waals surface area contributed by atoms with Crippen LogP contribution < -0.4 is 5.32 Å². The van der Waals surface area contributed by atoms with Gasteiger partial charge in [0, 0.05) is 25.2 Å². The number of carbonyl (C=O) groups excluding carboxylic acids is 6. The molecule has 342 valence electrons. The molecule has 0 spiro atoms. The molecule has 2 bridgehead atoms. The molecule has 0 aromatic heterocycles. The lowest BCUT2D eigenvalue weighted by molar-refractivity contribution is -0.344. The van der Waals surface area contributed by atoms with Crippen LogP contribution in [0.2, 0.25) is 0 Å². The van der Waals surface area contributed by atoms with E-state index in [1.54, 1.807) is 52.8 Å². The van der Waals surface area contributed by atoms with Crippen LogP contribution in [0.15, 0.2) is 41.5 Å². The summed E-state index contributed by atoms with van der Waals surface area (Å²) in [5.74, 6) is -5.57. The second kappa shape index (κ2) is 17.2. The smallest absolute Gasteiger partial charge is 0.456 e. The average molecular weight is 872 g/mol. The summed E-state index contributed by atoms with van der Waals surface area (Å²) in [5, 5.41) is 40.1. The summed E-state index contributed by atoms with van der Waals surface area (Å²) in [6.45, 7) is 11.8. The van der Waals surface area contributed by atoms with Crippen LogP contribution in [0.4, 0.5) is 9.59 Å². The quantitative estimate of drug-likeness (QED) is 0.154. The fourth-order valence-corrected chi connectivity index (χ4v) is 10.6. The normalized spacial score (nSPS) is 34.0. The second-order valence-corrected chi connectivity index (χ2v) is 19.2. The maximum atomic E-state index is 15.5. The van der Waals surface area contributed by atoms with E-state index in [2.05, 4.69) is 5.32 Å². The topological polar surface area (TPSA) is 240 Å². The number of aliphatic hydroxyl groups is 3. The molecule has 1 saturated heterocycles. The van der Waals surface area contributed by atoms with E-state index in [0.717, 1.165) is 33.3 Å². The highest BCUT2D eigenvalue weighted by Crippen LogP contribution is 2.64. The van der Waals surface area contributed by atoms with Crippen molar-refractivity contribution in [2.75, 3.05) is 13.7 Å². The SMILES string of the molecule is COC(=O)O[C@@]12CO[C@@H]1C[C@H](O)[C@@]1(C)C(=O)[C@H](OC(C)=O)C3=C(C)[C@@H](OC(=O)[C@H](O)[C@@H](NC(=O)OC4CCCCC4)C(C)(C)C)C[C@@](O)([C@@H](OC(=O)c4ccccc4)C12)C3(C)C. The minimum Gasteiger partial charge on any atom is -0.456 e. The molecule has 17 nitrogen and oxygen atoms in total. The highest BCUT2D eigenvalue weighted by Gasteiger charge is 2.78. The van der Waals surface area contributed by atoms with Gasteiger partial charge in [0.15, 0.2) is 23.6 Å². The van der Waals surface area contributed by atoms with Gasteiger partial charge in [0.05, 0.1) is 42.8 Å². The van der Waals surface area contributed by atoms with Crippen LogP contribution >= 0.6 is 0 Å². The first-order chi connectivity index (χ1) is 28.9. The summed E-state index contributed by atoms with van der Waals surface area (Å²) in [6.07, 6.45) is -8.78. The van der Waals surface area contributed by atoms with E-state index in [-0.39, 0.29) is 35.8 Å². The number of methoxy groups -OCH3 is 1. The predicted molar refractivity (Wildman–Crippen MR) is 216 cm³/mol. The van der Waals surface area contributed by atoms with Crippen LogP contribution in [-0.2, 0) is 47.5 Å². The molecule has 1 amide bonds. The number of Topliss-reactive ketones (excluding diaryl/α,β-unsaturated/α-hetero) is 1. The Morgan fingerprint density at radius 1 is 0.952 bits per heavy atom. The predicted octanol–water partition coefficient (Wildman–Crippen LogP) is 4.26. The summed E-state index contributed by atoms with van der Waals surface area (Å²) in [4.78, 5) is 83.2. The van der Waals surface area contributed by atoms with Gasteiger partial charge < -0.3 is 53.8 Å². The number of carbonyl (C=O) groups is 6. The second-order valence-electron chi connectivity index (χ2n) is 19.2. The summed E-state index contributed by atoms with van der Waals surface area (Å²) in [7, 11) is 1.07. The van der Waals surface area contributed by atoms with Crippen molar-refractivity contribution in [3.05, 3.63) is 47.0 Å². The van der Waals surface area contributed by atoms with Gasteiger partial charge in [0.2, 0.25) is 0 Å². The number of benzene rings is 1. The highest BCUT2D eigenvalue weighted by atomic mass is 16.8. The van der Waals surface area contributed by atoms with Gasteiger partial charge in [0.25, 0.3) is 0 Å². The van der Waals surface area contributed by atoms with Crippen molar-refractivity contribution >= 4 is 35.9 Å². The van der Waals surface area contributed by atoms with Crippen molar-refractivity contribution in [2.45, 2.75) is 160 Å². The van der Waals surface area contributed by atoms with Gasteiger partial charge in [-0.25, -0.2) is 19.2 Å². The number of amides is 1. The molecule has 6 rings (SSSR count). The number of ether oxygens (including phenoxy) is 7. The maximum Gasteiger partial charge on any atom is 0.508 e. The molecule has 1 heterocycles. The molecule has 62 heavy (non-hydrogen) atoms. The molecule has 4 fully saturated rings. The van der Waals surface area contributed by atoms with Crippen molar-refractivity contribution < 1.29 is 77.2 Å². The third-order valence-corrected chi connectivity index (χ3v) is 14.1. The molecule has 5 aliphatic rings. The standard InChI is InChI=1S/C45H61NO16/c1-23-27(60-38(52)31(49)34(41(3,4)5)46-39(53)59-26-18-14-11-15-19-26)21-45(55)36(61-37(51)25-16-12-10-13-17-25)33-43(8,35(50)32(58-24(2)47)30(23)42(45,6)7)28(48)20-29-44(33,22-57-29)62-40(54)56-9/h10,12-13,16-17,26-29,31-34,36,48-49,55H,11,14-15,18-22H2,1-9H3,(H,46,53)/t27-,28-,29+,31+,32+,33?,34+,36-,43+,44-,45+/m0/s1. The summed E-state index contributed by atoms with van der Waals surface area (Å²) >= 11 is 0. The van der Waals surface area contributed by atoms with Crippen molar-refractivity contribution in [1.29, 1.82) is 0 Å². The number of alkyl carbamates (subject to hydrolysis) is 1. The first-order valence-corrected chi connectivity index (χ1v) is 21.3.